The Kier molecular flexibility index (Phi) is 5.16. The third kappa shape index (κ3) is 3.94. The van der Waals surface area contributed by atoms with Crippen LogP contribution in [0.4, 0.5) is 8.78 Å². The average Bonchev–Trinajstić information content (AvgIpc) is 2.70. The summed E-state index contributed by atoms with van der Waals surface area (Å²) >= 11 is 0. The lowest BCUT2D eigenvalue weighted by atomic mass is 10.0. The number of fused-ring (bicyclic) bond motifs is 1. The van der Waals surface area contributed by atoms with Crippen LogP contribution in [-0.4, -0.2) is 28.0 Å². The second-order valence-corrected chi connectivity index (χ2v) is 6.65. The summed E-state index contributed by atoms with van der Waals surface area (Å²) in [6, 6.07) is 16.2. The van der Waals surface area contributed by atoms with Gasteiger partial charge in [0.2, 0.25) is 0 Å². The summed E-state index contributed by atoms with van der Waals surface area (Å²) in [4.78, 5) is 22.2. The van der Waals surface area contributed by atoms with Crippen LogP contribution in [0.2, 0.25) is 0 Å². The van der Waals surface area contributed by atoms with Gasteiger partial charge in [-0.1, -0.05) is 48.5 Å². The van der Waals surface area contributed by atoms with Crippen LogP contribution in [0, 0.1) is 0 Å². The Balaban J connectivity index is 1.56. The summed E-state index contributed by atoms with van der Waals surface area (Å²) in [5.41, 5.74) is 2.78. The summed E-state index contributed by atoms with van der Waals surface area (Å²) < 4.78 is 29.8. The number of benzene rings is 2. The van der Waals surface area contributed by atoms with E-state index in [1.807, 2.05) is 35.2 Å². The molecule has 1 aromatic heterocycles. The fourth-order valence-electron chi connectivity index (χ4n) is 3.43. The number of nitrogens with zero attached hydrogens (tertiary/aromatic N) is 2. The Morgan fingerprint density at radius 2 is 1.86 bits per heavy atom. The van der Waals surface area contributed by atoms with Crippen molar-refractivity contribution < 1.29 is 13.5 Å². The standard InChI is InChI=1S/C21H19F2N3O2/c22-21(23)28-18-9-5-4-8-15(18)12-26-11-10-17-16(13-26)20(27)25-19(24-17)14-6-2-1-3-7-14/h1-9,21H,10-13H2,(H,24,25,27). The first-order chi connectivity index (χ1) is 13.6. The second kappa shape index (κ2) is 7.90. The van der Waals surface area contributed by atoms with Crippen LogP contribution in [0.5, 0.6) is 5.75 Å². The van der Waals surface area contributed by atoms with Gasteiger partial charge in [-0.25, -0.2) is 4.98 Å². The van der Waals surface area contributed by atoms with Crippen LogP contribution in [0.15, 0.2) is 59.4 Å². The number of H-pyrrole nitrogens is 1. The molecule has 0 atom stereocenters. The van der Waals surface area contributed by atoms with Crippen LogP contribution in [0.1, 0.15) is 16.8 Å². The molecule has 2 heterocycles. The van der Waals surface area contributed by atoms with E-state index in [1.165, 1.54) is 6.07 Å². The van der Waals surface area contributed by atoms with Gasteiger partial charge < -0.3 is 9.72 Å². The van der Waals surface area contributed by atoms with E-state index in [-0.39, 0.29) is 11.3 Å². The van der Waals surface area contributed by atoms with E-state index in [0.717, 1.165) is 11.3 Å². The SMILES string of the molecule is O=c1[nH]c(-c2ccccc2)nc2c1CN(Cc1ccccc1OC(F)F)CC2. The van der Waals surface area contributed by atoms with E-state index in [9.17, 15) is 13.6 Å². The zero-order valence-electron chi connectivity index (χ0n) is 15.1. The summed E-state index contributed by atoms with van der Waals surface area (Å²) in [6.45, 7) is -1.36. The van der Waals surface area contributed by atoms with Gasteiger partial charge in [-0.2, -0.15) is 8.78 Å². The highest BCUT2D eigenvalue weighted by Crippen LogP contribution is 2.25. The van der Waals surface area contributed by atoms with Crippen molar-refractivity contribution in [3.05, 3.63) is 81.8 Å². The van der Waals surface area contributed by atoms with E-state index >= 15 is 0 Å². The monoisotopic (exact) mass is 383 g/mol. The fourth-order valence-corrected chi connectivity index (χ4v) is 3.43. The molecule has 1 N–H and O–H groups in total. The number of alkyl halides is 2. The molecule has 7 heteroatoms. The number of aromatic nitrogens is 2. The number of ether oxygens (including phenoxy) is 1. The van der Waals surface area contributed by atoms with E-state index in [2.05, 4.69) is 14.7 Å². The Morgan fingerprint density at radius 1 is 1.11 bits per heavy atom. The quantitative estimate of drug-likeness (QED) is 0.732. The number of para-hydroxylation sites is 1. The van der Waals surface area contributed by atoms with Gasteiger partial charge in [0.1, 0.15) is 11.6 Å². The van der Waals surface area contributed by atoms with E-state index in [4.69, 9.17) is 0 Å². The molecule has 0 aliphatic carbocycles. The molecule has 0 bridgehead atoms. The highest BCUT2D eigenvalue weighted by molar-refractivity contribution is 5.54. The topological polar surface area (TPSA) is 58.2 Å². The predicted molar refractivity (Wildman–Crippen MR) is 101 cm³/mol. The first kappa shape index (κ1) is 18.3. The zero-order chi connectivity index (χ0) is 19.5. The van der Waals surface area contributed by atoms with Gasteiger partial charge in [0.15, 0.2) is 0 Å². The molecule has 0 radical (unpaired) electrons. The molecule has 0 amide bonds. The van der Waals surface area contributed by atoms with Crippen molar-refractivity contribution in [1.82, 2.24) is 14.9 Å². The maximum atomic E-state index is 12.6. The predicted octanol–water partition coefficient (Wildman–Crippen LogP) is 3.60. The molecule has 2 aromatic carbocycles. The Hall–Kier alpha value is -3.06. The normalized spacial score (nSPS) is 14.1. The van der Waals surface area contributed by atoms with E-state index in [1.54, 1.807) is 18.2 Å². The van der Waals surface area contributed by atoms with Crippen LogP contribution in [0.25, 0.3) is 11.4 Å². The molecular formula is C21H19F2N3O2. The van der Waals surface area contributed by atoms with Gasteiger partial charge in [-0.05, 0) is 6.07 Å². The number of hydrogen-bond acceptors (Lipinski definition) is 4. The number of aromatic amines is 1. The van der Waals surface area contributed by atoms with Crippen LogP contribution in [-0.2, 0) is 19.5 Å². The van der Waals surface area contributed by atoms with Gasteiger partial charge in [0, 0.05) is 37.2 Å². The number of hydrogen-bond donors (Lipinski definition) is 1. The molecule has 1 aliphatic rings. The molecule has 1 aliphatic heterocycles. The second-order valence-electron chi connectivity index (χ2n) is 6.65. The smallest absolute Gasteiger partial charge is 0.387 e. The van der Waals surface area contributed by atoms with Crippen molar-refractivity contribution in [2.75, 3.05) is 6.54 Å². The third-order valence-electron chi connectivity index (χ3n) is 4.78. The maximum absolute atomic E-state index is 12.6. The molecular weight excluding hydrogens is 364 g/mol. The average molecular weight is 383 g/mol. The fraction of sp³-hybridized carbons (Fsp3) is 0.238. The molecule has 0 spiro atoms. The molecule has 144 valence electrons. The third-order valence-corrected chi connectivity index (χ3v) is 4.78. The van der Waals surface area contributed by atoms with Crippen LogP contribution >= 0.6 is 0 Å². The minimum atomic E-state index is -2.87. The number of halogens is 2. The summed E-state index contributed by atoms with van der Waals surface area (Å²) in [6.07, 6.45) is 0.622. The first-order valence-electron chi connectivity index (χ1n) is 9.02. The number of rotatable bonds is 5. The summed E-state index contributed by atoms with van der Waals surface area (Å²) in [7, 11) is 0. The Morgan fingerprint density at radius 3 is 2.64 bits per heavy atom. The molecule has 0 unspecified atom stereocenters. The molecule has 0 saturated carbocycles. The van der Waals surface area contributed by atoms with Gasteiger partial charge >= 0.3 is 6.61 Å². The minimum Gasteiger partial charge on any atom is -0.434 e. The molecule has 0 fully saturated rings. The Labute approximate surface area is 160 Å². The molecule has 28 heavy (non-hydrogen) atoms. The van der Waals surface area contributed by atoms with E-state index < -0.39 is 6.61 Å². The highest BCUT2D eigenvalue weighted by Gasteiger charge is 2.22. The lowest BCUT2D eigenvalue weighted by molar-refractivity contribution is -0.0508. The minimum absolute atomic E-state index is 0.161. The van der Waals surface area contributed by atoms with Crippen molar-refractivity contribution in [3.8, 4) is 17.1 Å². The van der Waals surface area contributed by atoms with Crippen molar-refractivity contribution in [2.24, 2.45) is 0 Å². The van der Waals surface area contributed by atoms with Crippen molar-refractivity contribution in [1.29, 1.82) is 0 Å². The lowest BCUT2D eigenvalue weighted by Crippen LogP contribution is -2.35. The molecule has 5 nitrogen and oxygen atoms in total. The van der Waals surface area contributed by atoms with Crippen molar-refractivity contribution in [3.63, 3.8) is 0 Å². The first-order valence-corrected chi connectivity index (χ1v) is 9.02. The van der Waals surface area contributed by atoms with Gasteiger partial charge in [-0.15, -0.1) is 0 Å². The molecule has 0 saturated heterocycles. The van der Waals surface area contributed by atoms with Gasteiger partial charge in [0.05, 0.1) is 11.3 Å². The number of nitrogens with one attached hydrogen (secondary N) is 1. The Bertz CT molecular complexity index is 1020. The largest absolute Gasteiger partial charge is 0.434 e. The zero-order valence-corrected chi connectivity index (χ0v) is 15.1. The van der Waals surface area contributed by atoms with Gasteiger partial charge in [0.25, 0.3) is 5.56 Å². The molecule has 3 aromatic rings. The summed E-state index contributed by atoms with van der Waals surface area (Å²) in [5.74, 6) is 0.725. The van der Waals surface area contributed by atoms with Gasteiger partial charge in [-0.3, -0.25) is 9.69 Å². The van der Waals surface area contributed by atoms with Crippen molar-refractivity contribution >= 4 is 0 Å². The molecule has 4 rings (SSSR count). The summed E-state index contributed by atoms with van der Waals surface area (Å²) in [5, 5.41) is 0. The highest BCUT2D eigenvalue weighted by atomic mass is 19.3. The van der Waals surface area contributed by atoms with Crippen LogP contribution in [0.3, 0.4) is 0 Å². The van der Waals surface area contributed by atoms with Crippen LogP contribution < -0.4 is 10.3 Å². The van der Waals surface area contributed by atoms with E-state index in [0.29, 0.717) is 43.0 Å². The lowest BCUT2D eigenvalue weighted by Gasteiger charge is -2.28. The maximum Gasteiger partial charge on any atom is 0.387 e. The van der Waals surface area contributed by atoms with Crippen molar-refractivity contribution in [2.45, 2.75) is 26.1 Å².